The predicted octanol–water partition coefficient (Wildman–Crippen LogP) is 3.20. The molecule has 1 aliphatic heterocycles. The summed E-state index contributed by atoms with van der Waals surface area (Å²) < 4.78 is 38.5. The molecule has 1 N–H and O–H groups in total. The number of pyridine rings is 1. The topological polar surface area (TPSA) is 74.2 Å². The van der Waals surface area contributed by atoms with Gasteiger partial charge in [-0.2, -0.15) is 13.2 Å². The van der Waals surface area contributed by atoms with Gasteiger partial charge in [-0.05, 0) is 12.1 Å². The highest BCUT2D eigenvalue weighted by atomic mass is 19.4. The monoisotopic (exact) mass is 408 g/mol. The fraction of sp³-hybridized carbons (Fsp3) is 0.474. The number of anilines is 3. The van der Waals surface area contributed by atoms with Gasteiger partial charge in [-0.15, -0.1) is 0 Å². The van der Waals surface area contributed by atoms with E-state index in [2.05, 4.69) is 25.2 Å². The van der Waals surface area contributed by atoms with Gasteiger partial charge in [0.1, 0.15) is 23.7 Å². The normalized spacial score (nSPS) is 15.4. The molecular weight excluding hydrogens is 385 g/mol. The molecule has 1 aliphatic rings. The zero-order valence-corrected chi connectivity index (χ0v) is 16.5. The number of carbonyl (C=O) groups excluding carboxylic acids is 1. The SMILES string of the molecule is CC(C)(C)C(=O)Nc1ccc(N2CCN(c3cc(C(F)(F)F)ncn3)CC2)cn1. The van der Waals surface area contributed by atoms with E-state index in [1.54, 1.807) is 17.2 Å². The number of rotatable bonds is 3. The Morgan fingerprint density at radius 2 is 1.66 bits per heavy atom. The highest BCUT2D eigenvalue weighted by Crippen LogP contribution is 2.29. The molecule has 1 saturated heterocycles. The summed E-state index contributed by atoms with van der Waals surface area (Å²) in [5.41, 5.74) is -0.567. The van der Waals surface area contributed by atoms with Gasteiger partial charge in [0.25, 0.3) is 0 Å². The van der Waals surface area contributed by atoms with Gasteiger partial charge in [-0.1, -0.05) is 20.8 Å². The first kappa shape index (κ1) is 20.8. The number of aromatic nitrogens is 3. The van der Waals surface area contributed by atoms with Crippen molar-refractivity contribution in [3.05, 3.63) is 36.4 Å². The van der Waals surface area contributed by atoms with Crippen LogP contribution < -0.4 is 15.1 Å². The summed E-state index contributed by atoms with van der Waals surface area (Å²) >= 11 is 0. The van der Waals surface area contributed by atoms with Crippen molar-refractivity contribution in [2.24, 2.45) is 5.41 Å². The van der Waals surface area contributed by atoms with Crippen molar-refractivity contribution in [2.45, 2.75) is 26.9 Å². The van der Waals surface area contributed by atoms with Crippen molar-refractivity contribution in [2.75, 3.05) is 41.3 Å². The van der Waals surface area contributed by atoms with E-state index in [-0.39, 0.29) is 11.7 Å². The lowest BCUT2D eigenvalue weighted by molar-refractivity contribution is -0.141. The molecule has 0 radical (unpaired) electrons. The molecule has 0 unspecified atom stereocenters. The first-order valence-corrected chi connectivity index (χ1v) is 9.21. The van der Waals surface area contributed by atoms with Crippen LogP contribution in [-0.2, 0) is 11.0 Å². The zero-order chi connectivity index (χ0) is 21.2. The third-order valence-corrected chi connectivity index (χ3v) is 4.58. The van der Waals surface area contributed by atoms with Crippen LogP contribution in [0.3, 0.4) is 0 Å². The van der Waals surface area contributed by atoms with Gasteiger partial charge in [-0.25, -0.2) is 15.0 Å². The molecule has 10 heteroatoms. The van der Waals surface area contributed by atoms with Crippen LogP contribution in [0.5, 0.6) is 0 Å². The Morgan fingerprint density at radius 1 is 1.00 bits per heavy atom. The summed E-state index contributed by atoms with van der Waals surface area (Å²) in [6.07, 6.45) is -1.87. The average molecular weight is 408 g/mol. The van der Waals surface area contributed by atoms with E-state index in [9.17, 15) is 18.0 Å². The fourth-order valence-corrected chi connectivity index (χ4v) is 2.82. The molecule has 3 heterocycles. The van der Waals surface area contributed by atoms with Crippen molar-refractivity contribution in [3.63, 3.8) is 0 Å². The summed E-state index contributed by atoms with van der Waals surface area (Å²) in [5.74, 6) is 0.632. The van der Waals surface area contributed by atoms with Gasteiger partial charge in [0.15, 0.2) is 0 Å². The van der Waals surface area contributed by atoms with E-state index in [0.717, 1.165) is 18.1 Å². The second-order valence-corrected chi connectivity index (χ2v) is 7.84. The summed E-state index contributed by atoms with van der Waals surface area (Å²) in [4.78, 5) is 27.5. The lowest BCUT2D eigenvalue weighted by Gasteiger charge is -2.36. The number of hydrogen-bond acceptors (Lipinski definition) is 6. The quantitative estimate of drug-likeness (QED) is 0.841. The summed E-state index contributed by atoms with van der Waals surface area (Å²) in [7, 11) is 0. The third kappa shape index (κ3) is 5.12. The molecule has 156 valence electrons. The molecule has 0 aromatic carbocycles. The minimum absolute atomic E-state index is 0.116. The zero-order valence-electron chi connectivity index (χ0n) is 16.5. The molecule has 0 spiro atoms. The molecule has 2 aromatic rings. The van der Waals surface area contributed by atoms with Crippen molar-refractivity contribution in [1.29, 1.82) is 0 Å². The first-order valence-electron chi connectivity index (χ1n) is 9.21. The second kappa shape index (κ2) is 7.84. The molecule has 3 rings (SSSR count). The smallest absolute Gasteiger partial charge is 0.367 e. The molecule has 2 aromatic heterocycles. The number of amides is 1. The number of piperazine rings is 1. The maximum Gasteiger partial charge on any atom is 0.433 e. The van der Waals surface area contributed by atoms with E-state index >= 15 is 0 Å². The van der Waals surface area contributed by atoms with Crippen molar-refractivity contribution >= 4 is 23.2 Å². The Hall–Kier alpha value is -2.91. The highest BCUT2D eigenvalue weighted by molar-refractivity contribution is 5.93. The third-order valence-electron chi connectivity index (χ3n) is 4.58. The summed E-state index contributed by atoms with van der Waals surface area (Å²) in [5, 5.41) is 2.78. The number of alkyl halides is 3. The molecule has 1 fully saturated rings. The van der Waals surface area contributed by atoms with Crippen LogP contribution >= 0.6 is 0 Å². The Labute approximate surface area is 167 Å². The molecule has 29 heavy (non-hydrogen) atoms. The van der Waals surface area contributed by atoms with Gasteiger partial charge >= 0.3 is 6.18 Å². The molecule has 0 bridgehead atoms. The van der Waals surface area contributed by atoms with Crippen molar-refractivity contribution in [1.82, 2.24) is 15.0 Å². The van der Waals surface area contributed by atoms with E-state index < -0.39 is 17.3 Å². The summed E-state index contributed by atoms with van der Waals surface area (Å²) in [6, 6.07) is 4.59. The maximum absolute atomic E-state index is 12.8. The van der Waals surface area contributed by atoms with Gasteiger partial charge in [0.2, 0.25) is 5.91 Å². The van der Waals surface area contributed by atoms with Gasteiger partial charge in [0.05, 0.1) is 11.9 Å². The van der Waals surface area contributed by atoms with E-state index in [4.69, 9.17) is 0 Å². The molecule has 0 saturated carbocycles. The highest BCUT2D eigenvalue weighted by Gasteiger charge is 2.33. The van der Waals surface area contributed by atoms with E-state index in [1.165, 1.54) is 0 Å². The lowest BCUT2D eigenvalue weighted by Crippen LogP contribution is -2.47. The molecule has 7 nitrogen and oxygen atoms in total. The van der Waals surface area contributed by atoms with Crippen LogP contribution in [0.25, 0.3) is 0 Å². The lowest BCUT2D eigenvalue weighted by atomic mass is 9.96. The Kier molecular flexibility index (Phi) is 5.63. The first-order chi connectivity index (χ1) is 13.5. The average Bonchev–Trinajstić information content (AvgIpc) is 2.67. The van der Waals surface area contributed by atoms with E-state index in [0.29, 0.717) is 32.0 Å². The van der Waals surface area contributed by atoms with E-state index in [1.807, 2.05) is 26.8 Å². The van der Waals surface area contributed by atoms with Crippen LogP contribution in [0.4, 0.5) is 30.5 Å². The molecule has 0 atom stereocenters. The Morgan fingerprint density at radius 3 is 2.21 bits per heavy atom. The maximum atomic E-state index is 12.8. The predicted molar refractivity (Wildman–Crippen MR) is 104 cm³/mol. The minimum atomic E-state index is -4.49. The standard InChI is InChI=1S/C19H23F3N6O/c1-18(2,3)17(29)26-15-5-4-13(11-23-15)27-6-8-28(9-7-27)16-10-14(19(20,21)22)24-12-25-16/h4-5,10-12H,6-9H2,1-3H3,(H,23,26,29). The molecule has 1 amide bonds. The van der Waals surface area contributed by atoms with Gasteiger partial charge in [0, 0.05) is 37.7 Å². The summed E-state index contributed by atoms with van der Waals surface area (Å²) in [6.45, 7) is 7.75. The number of carbonyl (C=O) groups is 1. The second-order valence-electron chi connectivity index (χ2n) is 7.84. The Balaban J connectivity index is 1.60. The van der Waals surface area contributed by atoms with Crippen LogP contribution in [0.2, 0.25) is 0 Å². The van der Waals surface area contributed by atoms with Crippen molar-refractivity contribution in [3.8, 4) is 0 Å². The van der Waals surface area contributed by atoms with Crippen molar-refractivity contribution < 1.29 is 18.0 Å². The van der Waals surface area contributed by atoms with Crippen LogP contribution in [-0.4, -0.2) is 47.0 Å². The van der Waals surface area contributed by atoms with Crippen LogP contribution in [0.15, 0.2) is 30.7 Å². The largest absolute Gasteiger partial charge is 0.433 e. The Bertz CT molecular complexity index is 855. The number of hydrogen-bond donors (Lipinski definition) is 1. The number of nitrogens with one attached hydrogen (secondary N) is 1. The van der Waals surface area contributed by atoms with Crippen LogP contribution in [0, 0.1) is 5.41 Å². The molecular formula is C19H23F3N6O. The van der Waals surface area contributed by atoms with Gasteiger partial charge in [-0.3, -0.25) is 4.79 Å². The number of nitrogens with zero attached hydrogens (tertiary/aromatic N) is 5. The fourth-order valence-electron chi connectivity index (χ4n) is 2.82. The minimum Gasteiger partial charge on any atom is -0.367 e. The van der Waals surface area contributed by atoms with Crippen LogP contribution in [0.1, 0.15) is 26.5 Å². The molecule has 0 aliphatic carbocycles. The van der Waals surface area contributed by atoms with Gasteiger partial charge < -0.3 is 15.1 Å². The number of halogens is 3.